The molecule has 0 atom stereocenters. The number of nitrogens with one attached hydrogen (secondary N) is 1. The van der Waals surface area contributed by atoms with Gasteiger partial charge in [0, 0.05) is 11.8 Å². The fourth-order valence-electron chi connectivity index (χ4n) is 1.39. The molecular weight excluding hydrogens is 207 g/mol. The Bertz CT molecular complexity index is 513. The van der Waals surface area contributed by atoms with Gasteiger partial charge in [-0.15, -0.1) is 0 Å². The van der Waals surface area contributed by atoms with Crippen LogP contribution in [-0.4, -0.2) is 9.97 Å². The predicted octanol–water partition coefficient (Wildman–Crippen LogP) is 1.88. The van der Waals surface area contributed by atoms with Crippen molar-refractivity contribution in [2.75, 3.05) is 5.43 Å². The molecule has 0 spiro atoms. The van der Waals surface area contributed by atoms with Gasteiger partial charge in [-0.1, -0.05) is 0 Å². The van der Waals surface area contributed by atoms with Gasteiger partial charge in [0.1, 0.15) is 5.82 Å². The van der Waals surface area contributed by atoms with Gasteiger partial charge in [0.05, 0.1) is 5.69 Å². The largest absolute Gasteiger partial charge is 0.292 e. The summed E-state index contributed by atoms with van der Waals surface area (Å²) >= 11 is 0. The number of hydrogen-bond donors (Lipinski definition) is 2. The highest BCUT2D eigenvalue weighted by molar-refractivity contribution is 5.60. The summed E-state index contributed by atoms with van der Waals surface area (Å²) in [7, 11) is 0. The minimum Gasteiger partial charge on any atom is -0.292 e. The molecule has 0 fully saturated rings. The van der Waals surface area contributed by atoms with Gasteiger partial charge in [-0.3, -0.25) is 5.43 Å². The van der Waals surface area contributed by atoms with Gasteiger partial charge in [-0.05, 0) is 36.8 Å². The van der Waals surface area contributed by atoms with Crippen LogP contribution in [0.4, 0.5) is 10.3 Å². The van der Waals surface area contributed by atoms with Gasteiger partial charge in [-0.25, -0.2) is 20.2 Å². The second-order valence-corrected chi connectivity index (χ2v) is 3.37. The third-order valence-corrected chi connectivity index (χ3v) is 2.24. The Labute approximate surface area is 92.3 Å². The molecule has 3 N–H and O–H groups in total. The van der Waals surface area contributed by atoms with Crippen LogP contribution < -0.4 is 11.3 Å². The maximum absolute atomic E-state index is 13.1. The quantitative estimate of drug-likeness (QED) is 0.596. The van der Waals surface area contributed by atoms with Crippen LogP contribution in [0, 0.1) is 12.7 Å². The van der Waals surface area contributed by atoms with E-state index in [9.17, 15) is 4.39 Å². The van der Waals surface area contributed by atoms with E-state index >= 15 is 0 Å². The van der Waals surface area contributed by atoms with E-state index in [4.69, 9.17) is 5.84 Å². The van der Waals surface area contributed by atoms with Crippen LogP contribution in [0.3, 0.4) is 0 Å². The third-order valence-electron chi connectivity index (χ3n) is 2.24. The number of nitrogens with two attached hydrogens (primary N) is 1. The van der Waals surface area contributed by atoms with Crippen molar-refractivity contribution < 1.29 is 4.39 Å². The van der Waals surface area contributed by atoms with E-state index in [1.165, 1.54) is 6.07 Å². The first-order chi connectivity index (χ1) is 7.70. The fourth-order valence-corrected chi connectivity index (χ4v) is 1.39. The minimum absolute atomic E-state index is 0.227. The SMILES string of the molecule is Cc1cc(-c2ccnc(NN)n2)ccc1F. The maximum Gasteiger partial charge on any atom is 0.237 e. The number of rotatable bonds is 2. The molecule has 1 aromatic carbocycles. The molecule has 0 aliphatic heterocycles. The molecule has 0 aliphatic carbocycles. The fraction of sp³-hybridized carbons (Fsp3) is 0.0909. The van der Waals surface area contributed by atoms with E-state index < -0.39 is 0 Å². The van der Waals surface area contributed by atoms with E-state index in [-0.39, 0.29) is 5.82 Å². The van der Waals surface area contributed by atoms with Crippen LogP contribution in [0.2, 0.25) is 0 Å². The molecule has 82 valence electrons. The van der Waals surface area contributed by atoms with E-state index in [1.807, 2.05) is 0 Å². The number of hydrogen-bond acceptors (Lipinski definition) is 4. The van der Waals surface area contributed by atoms with Gasteiger partial charge in [-0.2, -0.15) is 0 Å². The van der Waals surface area contributed by atoms with Crippen molar-refractivity contribution in [3.63, 3.8) is 0 Å². The van der Waals surface area contributed by atoms with Crippen molar-refractivity contribution in [3.8, 4) is 11.3 Å². The molecule has 0 unspecified atom stereocenters. The minimum atomic E-state index is -0.227. The average Bonchev–Trinajstić information content (AvgIpc) is 2.33. The van der Waals surface area contributed by atoms with E-state index in [1.54, 1.807) is 31.3 Å². The first-order valence-corrected chi connectivity index (χ1v) is 4.77. The Balaban J connectivity index is 2.46. The number of anilines is 1. The van der Waals surface area contributed by atoms with Crippen molar-refractivity contribution >= 4 is 5.95 Å². The number of nitrogens with zero attached hydrogens (tertiary/aromatic N) is 2. The molecule has 2 aromatic rings. The summed E-state index contributed by atoms with van der Waals surface area (Å²) in [5.74, 6) is 5.32. The van der Waals surface area contributed by atoms with Crippen molar-refractivity contribution in [2.45, 2.75) is 6.92 Å². The lowest BCUT2D eigenvalue weighted by atomic mass is 10.1. The smallest absolute Gasteiger partial charge is 0.237 e. The topological polar surface area (TPSA) is 63.8 Å². The highest BCUT2D eigenvalue weighted by atomic mass is 19.1. The Kier molecular flexibility index (Phi) is 2.78. The van der Waals surface area contributed by atoms with Gasteiger partial charge in [0.25, 0.3) is 0 Å². The lowest BCUT2D eigenvalue weighted by molar-refractivity contribution is 0.619. The predicted molar refractivity (Wildman–Crippen MR) is 60.0 cm³/mol. The summed E-state index contributed by atoms with van der Waals surface area (Å²) in [6, 6.07) is 6.57. The lowest BCUT2D eigenvalue weighted by Gasteiger charge is -2.04. The van der Waals surface area contributed by atoms with Crippen molar-refractivity contribution in [1.82, 2.24) is 9.97 Å². The van der Waals surface area contributed by atoms with E-state index in [0.717, 1.165) is 5.56 Å². The number of benzene rings is 1. The van der Waals surface area contributed by atoms with Gasteiger partial charge in [0.15, 0.2) is 0 Å². The lowest BCUT2D eigenvalue weighted by Crippen LogP contribution is -2.10. The van der Waals surface area contributed by atoms with Crippen LogP contribution in [-0.2, 0) is 0 Å². The molecular formula is C11H11FN4. The number of aromatic nitrogens is 2. The molecule has 0 radical (unpaired) electrons. The summed E-state index contributed by atoms with van der Waals surface area (Å²) < 4.78 is 13.1. The molecule has 0 saturated carbocycles. The molecule has 4 nitrogen and oxygen atoms in total. The first kappa shape index (κ1) is 10.5. The monoisotopic (exact) mass is 218 g/mol. The van der Waals surface area contributed by atoms with Crippen LogP contribution in [0.25, 0.3) is 11.3 Å². The van der Waals surface area contributed by atoms with Gasteiger partial charge < -0.3 is 0 Å². The molecule has 5 heteroatoms. The number of aryl methyl sites for hydroxylation is 1. The molecule has 1 heterocycles. The first-order valence-electron chi connectivity index (χ1n) is 4.77. The zero-order valence-electron chi connectivity index (χ0n) is 8.74. The third kappa shape index (κ3) is 1.99. The number of hydrazine groups is 1. The summed E-state index contributed by atoms with van der Waals surface area (Å²) in [5, 5.41) is 0. The molecule has 0 bridgehead atoms. The second-order valence-electron chi connectivity index (χ2n) is 3.37. The second kappa shape index (κ2) is 4.24. The summed E-state index contributed by atoms with van der Waals surface area (Å²) in [4.78, 5) is 8.06. The Morgan fingerprint density at radius 3 is 2.81 bits per heavy atom. The van der Waals surface area contributed by atoms with Crippen molar-refractivity contribution in [2.24, 2.45) is 5.84 Å². The normalized spacial score (nSPS) is 10.2. The van der Waals surface area contributed by atoms with Crippen LogP contribution >= 0.6 is 0 Å². The van der Waals surface area contributed by atoms with E-state index in [0.29, 0.717) is 17.2 Å². The van der Waals surface area contributed by atoms with Crippen LogP contribution in [0.1, 0.15) is 5.56 Å². The highest BCUT2D eigenvalue weighted by Crippen LogP contribution is 2.20. The maximum atomic E-state index is 13.1. The molecule has 0 aliphatic rings. The zero-order valence-corrected chi connectivity index (χ0v) is 8.74. The zero-order chi connectivity index (χ0) is 11.5. The van der Waals surface area contributed by atoms with Crippen LogP contribution in [0.15, 0.2) is 30.5 Å². The van der Waals surface area contributed by atoms with Crippen LogP contribution in [0.5, 0.6) is 0 Å². The molecule has 1 aromatic heterocycles. The number of nitrogen functional groups attached to an aromatic ring is 1. The molecule has 0 amide bonds. The Hall–Kier alpha value is -2.01. The molecule has 2 rings (SSSR count). The Morgan fingerprint density at radius 1 is 1.31 bits per heavy atom. The average molecular weight is 218 g/mol. The highest BCUT2D eigenvalue weighted by Gasteiger charge is 2.03. The van der Waals surface area contributed by atoms with Crippen molar-refractivity contribution in [3.05, 3.63) is 41.8 Å². The molecule has 0 saturated heterocycles. The Morgan fingerprint density at radius 2 is 2.12 bits per heavy atom. The van der Waals surface area contributed by atoms with Gasteiger partial charge in [0.2, 0.25) is 5.95 Å². The molecule has 16 heavy (non-hydrogen) atoms. The summed E-state index contributed by atoms with van der Waals surface area (Å²) in [6.07, 6.45) is 1.59. The van der Waals surface area contributed by atoms with Gasteiger partial charge >= 0.3 is 0 Å². The number of halogens is 1. The summed E-state index contributed by atoms with van der Waals surface area (Å²) in [6.45, 7) is 1.71. The summed E-state index contributed by atoms with van der Waals surface area (Å²) in [5.41, 5.74) is 4.48. The van der Waals surface area contributed by atoms with Crippen molar-refractivity contribution in [1.29, 1.82) is 0 Å². The van der Waals surface area contributed by atoms with E-state index in [2.05, 4.69) is 15.4 Å². The standard InChI is InChI=1S/C11H11FN4/c1-7-6-8(2-3-9(7)12)10-4-5-14-11(15-10)16-13/h2-6H,13H2,1H3,(H,14,15,16).